The summed E-state index contributed by atoms with van der Waals surface area (Å²) in [5.74, 6) is -1.84. The molecule has 2 atom stereocenters. The molecule has 1 aliphatic rings. The van der Waals surface area contributed by atoms with Crippen molar-refractivity contribution >= 4 is 35.1 Å². The molecular weight excluding hydrogens is 412 g/mol. The highest BCUT2D eigenvalue weighted by molar-refractivity contribution is 6.11. The summed E-state index contributed by atoms with van der Waals surface area (Å²) in [6.07, 6.45) is 0.219. The van der Waals surface area contributed by atoms with Gasteiger partial charge in [0.05, 0.1) is 24.8 Å². The van der Waals surface area contributed by atoms with Crippen LogP contribution in [0.4, 0.5) is 11.4 Å². The molecule has 9 nitrogen and oxygen atoms in total. The van der Waals surface area contributed by atoms with Crippen molar-refractivity contribution in [2.45, 2.75) is 31.8 Å². The van der Waals surface area contributed by atoms with Crippen LogP contribution in [0.1, 0.15) is 29.3 Å². The number of benzene rings is 2. The molecule has 168 valence electrons. The number of amides is 3. The van der Waals surface area contributed by atoms with Gasteiger partial charge in [0.15, 0.2) is 0 Å². The van der Waals surface area contributed by atoms with Crippen LogP contribution in [-0.2, 0) is 25.5 Å². The van der Waals surface area contributed by atoms with Crippen molar-refractivity contribution in [2.75, 3.05) is 24.7 Å². The number of anilines is 2. The Morgan fingerprint density at radius 3 is 2.59 bits per heavy atom. The minimum Gasteiger partial charge on any atom is -0.469 e. The maximum atomic E-state index is 13.4. The summed E-state index contributed by atoms with van der Waals surface area (Å²) in [7, 11) is 1.27. The van der Waals surface area contributed by atoms with Gasteiger partial charge in [-0.1, -0.05) is 30.3 Å². The fourth-order valence-electron chi connectivity index (χ4n) is 3.58. The molecule has 0 radical (unpaired) electrons. The van der Waals surface area contributed by atoms with E-state index < -0.39 is 35.8 Å². The first kappa shape index (κ1) is 22.8. The molecule has 0 bridgehead atoms. The smallest absolute Gasteiger partial charge is 0.307 e. The van der Waals surface area contributed by atoms with E-state index in [-0.39, 0.29) is 24.9 Å². The largest absolute Gasteiger partial charge is 0.469 e. The first-order valence-electron chi connectivity index (χ1n) is 10.2. The Morgan fingerprint density at radius 2 is 1.91 bits per heavy atom. The number of fused-ring (bicyclic) bond motifs is 1. The lowest BCUT2D eigenvalue weighted by molar-refractivity contribution is -0.141. The molecule has 1 aliphatic heterocycles. The number of carbonyl (C=O) groups is 4. The molecule has 0 saturated heterocycles. The van der Waals surface area contributed by atoms with Crippen LogP contribution in [0.25, 0.3) is 0 Å². The number of nitrogens with zero attached hydrogens (tertiary/aromatic N) is 1. The van der Waals surface area contributed by atoms with Crippen molar-refractivity contribution in [3.63, 3.8) is 0 Å². The van der Waals surface area contributed by atoms with Crippen molar-refractivity contribution in [3.05, 3.63) is 59.7 Å². The summed E-state index contributed by atoms with van der Waals surface area (Å²) in [4.78, 5) is 51.9. The molecule has 9 heteroatoms. The van der Waals surface area contributed by atoms with Gasteiger partial charge < -0.3 is 26.0 Å². The van der Waals surface area contributed by atoms with Gasteiger partial charge in [0.2, 0.25) is 11.8 Å². The molecule has 1 heterocycles. The lowest BCUT2D eigenvalue weighted by Crippen LogP contribution is -2.51. The zero-order valence-electron chi connectivity index (χ0n) is 18.0. The lowest BCUT2D eigenvalue weighted by Gasteiger charge is -2.29. The number of nitrogens with two attached hydrogens (primary N) is 1. The van der Waals surface area contributed by atoms with E-state index in [1.807, 2.05) is 30.3 Å². The van der Waals surface area contributed by atoms with Crippen LogP contribution in [0.5, 0.6) is 0 Å². The van der Waals surface area contributed by atoms with Gasteiger partial charge in [-0.15, -0.1) is 0 Å². The highest BCUT2D eigenvalue weighted by atomic mass is 16.5. The molecule has 3 rings (SSSR count). The first-order valence-corrected chi connectivity index (χ1v) is 10.2. The van der Waals surface area contributed by atoms with E-state index in [0.717, 1.165) is 5.56 Å². The van der Waals surface area contributed by atoms with Crippen molar-refractivity contribution in [2.24, 2.45) is 0 Å². The highest BCUT2D eigenvalue weighted by Gasteiger charge is 2.36. The molecule has 0 spiro atoms. The molecule has 0 fully saturated rings. The second-order valence-corrected chi connectivity index (χ2v) is 7.68. The Hall–Kier alpha value is -3.88. The molecule has 0 aliphatic carbocycles. The van der Waals surface area contributed by atoms with Crippen LogP contribution in [0.15, 0.2) is 48.5 Å². The summed E-state index contributed by atoms with van der Waals surface area (Å²) in [5.41, 5.74) is 7.62. The number of esters is 1. The number of hydrogen-bond donors (Lipinski definition) is 3. The maximum absolute atomic E-state index is 13.4. The average molecular weight is 438 g/mol. The minimum atomic E-state index is -0.916. The van der Waals surface area contributed by atoms with Gasteiger partial charge >= 0.3 is 5.97 Å². The van der Waals surface area contributed by atoms with Gasteiger partial charge in [-0.3, -0.25) is 19.2 Å². The molecular formula is C23H26N4O5. The third kappa shape index (κ3) is 5.42. The van der Waals surface area contributed by atoms with Crippen molar-refractivity contribution in [1.29, 1.82) is 0 Å². The van der Waals surface area contributed by atoms with E-state index in [9.17, 15) is 19.2 Å². The third-order valence-electron chi connectivity index (χ3n) is 5.17. The normalized spacial score (nSPS) is 16.4. The zero-order chi connectivity index (χ0) is 23.3. The van der Waals surface area contributed by atoms with E-state index >= 15 is 0 Å². The number of ether oxygens (including phenoxy) is 1. The van der Waals surface area contributed by atoms with Crippen LogP contribution in [0.3, 0.4) is 0 Å². The average Bonchev–Trinajstić information content (AvgIpc) is 2.85. The molecule has 0 unspecified atom stereocenters. The second-order valence-electron chi connectivity index (χ2n) is 7.68. The van der Waals surface area contributed by atoms with Crippen molar-refractivity contribution < 1.29 is 23.9 Å². The molecule has 4 N–H and O–H groups in total. The molecule has 32 heavy (non-hydrogen) atoms. The van der Waals surface area contributed by atoms with E-state index in [0.29, 0.717) is 11.4 Å². The zero-order valence-corrected chi connectivity index (χ0v) is 18.0. The summed E-state index contributed by atoms with van der Waals surface area (Å²) in [6, 6.07) is 12.5. The molecule has 0 aromatic heterocycles. The standard InChI is InChI=1S/C23H26N4O5/c1-14(10-21(29)32-2)25-20(28)13-27-19(11-15-6-4-3-5-7-15)22(30)26-18-9-8-16(24)12-17(18)23(27)31/h3-9,12,14,19H,10-11,13,24H2,1-2H3,(H,25,28)(H,26,30)/t14-,19+/m1/s1. The minimum absolute atomic E-state index is 0.0104. The van der Waals surface area contributed by atoms with Crippen molar-refractivity contribution in [1.82, 2.24) is 10.2 Å². The Labute approximate surface area is 185 Å². The topological polar surface area (TPSA) is 131 Å². The third-order valence-corrected chi connectivity index (χ3v) is 5.17. The fraction of sp³-hybridized carbons (Fsp3) is 0.304. The van der Waals surface area contributed by atoms with Crippen LogP contribution in [0, 0.1) is 0 Å². The molecule has 2 aromatic rings. The quantitative estimate of drug-likeness (QED) is 0.442. The van der Waals surface area contributed by atoms with Gasteiger partial charge in [-0.2, -0.15) is 0 Å². The van der Waals surface area contributed by atoms with Gasteiger partial charge in [0, 0.05) is 18.2 Å². The summed E-state index contributed by atoms with van der Waals surface area (Å²) in [5, 5.41) is 5.46. The number of carbonyl (C=O) groups excluding carboxylic acids is 4. The van der Waals surface area contributed by atoms with Crippen LogP contribution in [-0.4, -0.2) is 54.3 Å². The van der Waals surface area contributed by atoms with E-state index in [4.69, 9.17) is 5.73 Å². The summed E-state index contributed by atoms with van der Waals surface area (Å²) >= 11 is 0. The molecule has 0 saturated carbocycles. The first-order chi connectivity index (χ1) is 15.3. The highest BCUT2D eigenvalue weighted by Crippen LogP contribution is 2.26. The van der Waals surface area contributed by atoms with Gasteiger partial charge in [-0.25, -0.2) is 0 Å². The van der Waals surface area contributed by atoms with E-state index in [1.54, 1.807) is 19.1 Å². The number of nitrogen functional groups attached to an aromatic ring is 1. The van der Waals surface area contributed by atoms with Gasteiger partial charge in [-0.05, 0) is 30.7 Å². The fourth-order valence-corrected chi connectivity index (χ4v) is 3.58. The Balaban J connectivity index is 1.88. The monoisotopic (exact) mass is 438 g/mol. The van der Waals surface area contributed by atoms with Crippen molar-refractivity contribution in [3.8, 4) is 0 Å². The van der Waals surface area contributed by atoms with Crippen LogP contribution >= 0.6 is 0 Å². The number of methoxy groups -OCH3 is 1. The Kier molecular flexibility index (Phi) is 7.09. The summed E-state index contributed by atoms with van der Waals surface area (Å²) < 4.78 is 4.61. The van der Waals surface area contributed by atoms with E-state index in [2.05, 4.69) is 15.4 Å². The molecule has 2 aromatic carbocycles. The summed E-state index contributed by atoms with van der Waals surface area (Å²) in [6.45, 7) is 1.30. The second kappa shape index (κ2) is 9.95. The van der Waals surface area contributed by atoms with Gasteiger partial charge in [0.1, 0.15) is 12.6 Å². The maximum Gasteiger partial charge on any atom is 0.307 e. The number of hydrogen-bond acceptors (Lipinski definition) is 6. The Bertz CT molecular complexity index is 1020. The number of nitrogens with one attached hydrogen (secondary N) is 2. The molecule has 3 amide bonds. The van der Waals surface area contributed by atoms with E-state index in [1.165, 1.54) is 18.1 Å². The predicted molar refractivity (Wildman–Crippen MR) is 119 cm³/mol. The Morgan fingerprint density at radius 1 is 1.19 bits per heavy atom. The van der Waals surface area contributed by atoms with Crippen LogP contribution in [0.2, 0.25) is 0 Å². The predicted octanol–water partition coefficient (Wildman–Crippen LogP) is 1.34. The van der Waals surface area contributed by atoms with Gasteiger partial charge in [0.25, 0.3) is 5.91 Å². The number of rotatable bonds is 7. The lowest BCUT2D eigenvalue weighted by atomic mass is 10.0. The SMILES string of the molecule is COC(=O)C[C@@H](C)NC(=O)CN1C(=O)c2cc(N)ccc2NC(=O)[C@@H]1Cc1ccccc1. The van der Waals surface area contributed by atoms with Crippen LogP contribution < -0.4 is 16.4 Å².